The minimum Gasteiger partial charge on any atom is -0.472 e. The van der Waals surface area contributed by atoms with Gasteiger partial charge in [-0.25, -0.2) is 9.18 Å². The van der Waals surface area contributed by atoms with Gasteiger partial charge in [0.1, 0.15) is 35.5 Å². The van der Waals surface area contributed by atoms with E-state index in [-0.39, 0.29) is 18.4 Å². The molecule has 1 aromatic carbocycles. The molecule has 1 unspecified atom stereocenters. The monoisotopic (exact) mass is 570 g/mol. The number of anilines is 1. The summed E-state index contributed by atoms with van der Waals surface area (Å²) < 4.78 is 34.8. The van der Waals surface area contributed by atoms with Crippen LogP contribution in [0.3, 0.4) is 0 Å². The smallest absolute Gasteiger partial charge is 0.407 e. The molecule has 1 amide bonds. The number of nitrogens with one attached hydrogen (secondary N) is 1. The number of methoxy groups -OCH3 is 1. The second-order valence-corrected chi connectivity index (χ2v) is 10.5. The Hall–Kier alpha value is -4.26. The van der Waals surface area contributed by atoms with E-state index in [2.05, 4.69) is 20.7 Å². The van der Waals surface area contributed by atoms with Crippen LogP contribution in [0.5, 0.6) is 5.88 Å². The number of hydrogen-bond acceptors (Lipinski definition) is 11. The summed E-state index contributed by atoms with van der Waals surface area (Å²) >= 11 is 0. The van der Waals surface area contributed by atoms with E-state index in [1.54, 1.807) is 52.0 Å². The number of esters is 1. The lowest BCUT2D eigenvalue weighted by atomic mass is 10.1. The SMILES string of the molecule is COC(=O)C1CN(c2ccc(OCc3c(-c4ccc(F)cc4)noc3C)nn2)CCN1CCNC(=O)OC(C)(C)C. The molecule has 1 saturated heterocycles. The van der Waals surface area contributed by atoms with Crippen LogP contribution in [0.1, 0.15) is 32.1 Å². The zero-order valence-electron chi connectivity index (χ0n) is 23.8. The summed E-state index contributed by atoms with van der Waals surface area (Å²) in [5, 5.41) is 15.3. The maximum atomic E-state index is 13.3. The molecule has 41 heavy (non-hydrogen) atoms. The number of halogens is 1. The van der Waals surface area contributed by atoms with Gasteiger partial charge < -0.3 is 29.0 Å². The van der Waals surface area contributed by atoms with E-state index in [1.165, 1.54) is 19.2 Å². The third-order valence-electron chi connectivity index (χ3n) is 6.45. The van der Waals surface area contributed by atoms with Gasteiger partial charge in [0.05, 0.1) is 12.7 Å². The van der Waals surface area contributed by atoms with Crippen molar-refractivity contribution in [3.8, 4) is 17.1 Å². The zero-order chi connectivity index (χ0) is 29.6. The molecular formula is C28H35FN6O6. The molecule has 0 aliphatic carbocycles. The molecule has 0 bridgehead atoms. The molecule has 1 fully saturated rings. The first kappa shape index (κ1) is 29.7. The lowest BCUT2D eigenvalue weighted by Gasteiger charge is -2.40. The Bertz CT molecular complexity index is 1330. The van der Waals surface area contributed by atoms with E-state index in [4.69, 9.17) is 18.7 Å². The normalized spacial score (nSPS) is 15.9. The van der Waals surface area contributed by atoms with Crippen molar-refractivity contribution < 1.29 is 32.7 Å². The van der Waals surface area contributed by atoms with E-state index >= 15 is 0 Å². The van der Waals surface area contributed by atoms with E-state index in [0.29, 0.717) is 61.4 Å². The third kappa shape index (κ3) is 7.91. The highest BCUT2D eigenvalue weighted by Gasteiger charge is 2.34. The van der Waals surface area contributed by atoms with Crippen molar-refractivity contribution in [2.75, 3.05) is 44.7 Å². The van der Waals surface area contributed by atoms with Crippen molar-refractivity contribution in [3.05, 3.63) is 53.5 Å². The molecule has 4 rings (SSSR count). The van der Waals surface area contributed by atoms with Crippen LogP contribution in [-0.2, 0) is 20.9 Å². The highest BCUT2D eigenvalue weighted by atomic mass is 19.1. The molecule has 0 radical (unpaired) electrons. The van der Waals surface area contributed by atoms with Gasteiger partial charge in [0.2, 0.25) is 5.88 Å². The second kappa shape index (κ2) is 12.9. The van der Waals surface area contributed by atoms with Crippen LogP contribution in [0.25, 0.3) is 11.3 Å². The molecule has 0 saturated carbocycles. The van der Waals surface area contributed by atoms with Gasteiger partial charge in [-0.2, -0.15) is 0 Å². The average Bonchev–Trinajstić information content (AvgIpc) is 3.31. The van der Waals surface area contributed by atoms with Gasteiger partial charge in [-0.05, 0) is 58.0 Å². The van der Waals surface area contributed by atoms with Gasteiger partial charge in [0.25, 0.3) is 0 Å². The molecule has 1 N–H and O–H groups in total. The Labute approximate surface area is 237 Å². The Kier molecular flexibility index (Phi) is 9.38. The highest BCUT2D eigenvalue weighted by Crippen LogP contribution is 2.27. The Balaban J connectivity index is 1.34. The number of ether oxygens (including phenoxy) is 3. The van der Waals surface area contributed by atoms with Gasteiger partial charge in [0.15, 0.2) is 5.82 Å². The van der Waals surface area contributed by atoms with Crippen molar-refractivity contribution in [3.63, 3.8) is 0 Å². The number of aryl methyl sites for hydroxylation is 1. The molecule has 1 aliphatic heterocycles. The lowest BCUT2D eigenvalue weighted by Crippen LogP contribution is -2.58. The van der Waals surface area contributed by atoms with Gasteiger partial charge in [-0.1, -0.05) is 5.16 Å². The number of piperazine rings is 1. The number of amides is 1. The number of hydrogen-bond donors (Lipinski definition) is 1. The Morgan fingerprint density at radius 3 is 2.54 bits per heavy atom. The largest absolute Gasteiger partial charge is 0.472 e. The molecule has 13 heteroatoms. The first-order valence-electron chi connectivity index (χ1n) is 13.3. The quantitative estimate of drug-likeness (QED) is 0.380. The van der Waals surface area contributed by atoms with Crippen LogP contribution >= 0.6 is 0 Å². The molecule has 1 aliphatic rings. The number of carbonyl (C=O) groups excluding carboxylic acids is 2. The number of alkyl carbamates (subject to hydrolysis) is 1. The number of aromatic nitrogens is 3. The van der Waals surface area contributed by atoms with Gasteiger partial charge in [-0.15, -0.1) is 10.2 Å². The summed E-state index contributed by atoms with van der Waals surface area (Å²) in [6.07, 6.45) is -0.505. The maximum absolute atomic E-state index is 13.3. The minimum absolute atomic E-state index is 0.135. The molecule has 3 heterocycles. The van der Waals surface area contributed by atoms with Crippen LogP contribution in [-0.4, -0.2) is 83.8 Å². The molecule has 220 valence electrons. The minimum atomic E-state index is -0.589. The molecule has 3 aromatic rings. The zero-order valence-corrected chi connectivity index (χ0v) is 23.8. The molecule has 1 atom stereocenters. The Morgan fingerprint density at radius 2 is 1.88 bits per heavy atom. The van der Waals surface area contributed by atoms with E-state index in [1.807, 2.05) is 9.80 Å². The van der Waals surface area contributed by atoms with Crippen molar-refractivity contribution >= 4 is 17.9 Å². The predicted octanol–water partition coefficient (Wildman–Crippen LogP) is 3.35. The number of nitrogens with zero attached hydrogens (tertiary/aromatic N) is 5. The van der Waals surface area contributed by atoms with Crippen LogP contribution in [0, 0.1) is 12.7 Å². The summed E-state index contributed by atoms with van der Waals surface area (Å²) in [4.78, 5) is 28.5. The van der Waals surface area contributed by atoms with Crippen molar-refractivity contribution in [1.82, 2.24) is 25.6 Å². The summed E-state index contributed by atoms with van der Waals surface area (Å²) in [6.45, 7) is 9.56. The number of carbonyl (C=O) groups is 2. The summed E-state index contributed by atoms with van der Waals surface area (Å²) in [7, 11) is 1.35. The maximum Gasteiger partial charge on any atom is 0.407 e. The first-order chi connectivity index (χ1) is 19.5. The predicted molar refractivity (Wildman–Crippen MR) is 147 cm³/mol. The van der Waals surface area contributed by atoms with Gasteiger partial charge >= 0.3 is 12.1 Å². The molecule has 12 nitrogen and oxygen atoms in total. The topological polar surface area (TPSA) is 132 Å². The van der Waals surface area contributed by atoms with E-state index in [0.717, 1.165) is 5.56 Å². The summed E-state index contributed by atoms with van der Waals surface area (Å²) in [5.41, 5.74) is 1.41. The van der Waals surface area contributed by atoms with Crippen LogP contribution in [0.2, 0.25) is 0 Å². The highest BCUT2D eigenvalue weighted by molar-refractivity contribution is 5.77. The van der Waals surface area contributed by atoms with Crippen LogP contribution < -0.4 is 15.0 Å². The molecular weight excluding hydrogens is 535 g/mol. The van der Waals surface area contributed by atoms with E-state index < -0.39 is 17.7 Å². The fraction of sp³-hybridized carbons (Fsp3) is 0.464. The fourth-order valence-electron chi connectivity index (χ4n) is 4.37. The first-order valence-corrected chi connectivity index (χ1v) is 13.3. The second-order valence-electron chi connectivity index (χ2n) is 10.5. The number of benzene rings is 1. The van der Waals surface area contributed by atoms with Crippen LogP contribution in [0.15, 0.2) is 40.9 Å². The summed E-state index contributed by atoms with van der Waals surface area (Å²) in [6, 6.07) is 8.91. The number of rotatable bonds is 9. The van der Waals surface area contributed by atoms with E-state index in [9.17, 15) is 14.0 Å². The Morgan fingerprint density at radius 1 is 1.12 bits per heavy atom. The fourth-order valence-corrected chi connectivity index (χ4v) is 4.37. The third-order valence-corrected chi connectivity index (χ3v) is 6.45. The molecule has 0 spiro atoms. The van der Waals surface area contributed by atoms with Crippen LogP contribution in [0.4, 0.5) is 15.0 Å². The standard InChI is InChI=1S/C28H35FN6O6/c1-18-21(25(33-41-18)19-6-8-20(29)9-7-19)17-39-24-11-10-23(31-32-24)35-15-14-34(22(16-35)26(36)38-5)13-12-30-27(37)40-28(2,3)4/h6-11,22H,12-17H2,1-5H3,(H,30,37). The average molecular weight is 571 g/mol. The van der Waals surface area contributed by atoms with Gasteiger partial charge in [-0.3, -0.25) is 9.69 Å². The van der Waals surface area contributed by atoms with Crippen molar-refractivity contribution in [2.24, 2.45) is 0 Å². The van der Waals surface area contributed by atoms with Crippen molar-refractivity contribution in [2.45, 2.75) is 45.9 Å². The molecule has 2 aromatic heterocycles. The van der Waals surface area contributed by atoms with Gasteiger partial charge in [0, 0.05) is 44.4 Å². The summed E-state index contributed by atoms with van der Waals surface area (Å²) in [5.74, 6) is 0.765. The lowest BCUT2D eigenvalue weighted by molar-refractivity contribution is -0.147. The van der Waals surface area contributed by atoms with Crippen molar-refractivity contribution in [1.29, 1.82) is 0 Å².